The Hall–Kier alpha value is -3.74. The second-order valence-electron chi connectivity index (χ2n) is 16.9. The van der Waals surface area contributed by atoms with E-state index in [0.29, 0.717) is 32.5 Å². The van der Waals surface area contributed by atoms with Crippen molar-refractivity contribution in [3.63, 3.8) is 0 Å². The monoisotopic (exact) mass is 1310 g/mol. The van der Waals surface area contributed by atoms with E-state index in [9.17, 15) is 14.7 Å². The van der Waals surface area contributed by atoms with E-state index in [1.807, 2.05) is 0 Å². The number of nitrogens with zero attached hydrogens (tertiary/aromatic N) is 2. The molecule has 0 saturated heterocycles. The molecule has 8 nitrogen and oxygen atoms in total. The minimum absolute atomic E-state index is 0. The minimum atomic E-state index is -0.397. The molecule has 328 valence electrons. The number of allylic oxidation sites excluding steroid dienone is 2. The molecular weight excluding hydrogens is 1220 g/mol. The molecule has 1 unspecified atom stereocenters. The zero-order chi connectivity index (χ0) is 40.5. The number of hydrogen-bond acceptors (Lipinski definition) is 5. The van der Waals surface area contributed by atoms with Crippen molar-refractivity contribution in [2.75, 3.05) is 73.0 Å². The van der Waals surface area contributed by atoms with Gasteiger partial charge < -0.3 is 38.7 Å². The van der Waals surface area contributed by atoms with Gasteiger partial charge in [0.05, 0.1) is 20.6 Å². The molecule has 2 amide bonds. The maximum Gasteiger partial charge on any atom is 0.219 e. The molecule has 0 fully saturated rings. The van der Waals surface area contributed by atoms with Crippen LogP contribution in [0.2, 0.25) is 0 Å². The van der Waals surface area contributed by atoms with Crippen LogP contribution in [0.3, 0.4) is 0 Å². The zero-order valence-corrected chi connectivity index (χ0v) is 50.9. The van der Waals surface area contributed by atoms with Gasteiger partial charge in [0.2, 0.25) is 11.8 Å². The number of unbranched alkanes of at least 4 members (excludes halogenated alkanes) is 21. The summed E-state index contributed by atoms with van der Waals surface area (Å²) < 4.78 is 0.840. The van der Waals surface area contributed by atoms with Crippen LogP contribution in [0.15, 0.2) is 12.2 Å². The summed E-state index contributed by atoms with van der Waals surface area (Å²) in [5, 5.41) is 21.0. The predicted octanol–water partition coefficient (Wildman–Crippen LogP) is 9.47. The number of aliphatic hydroxyl groups excluding tert-OH is 1. The molecule has 0 heterocycles. The first-order valence-corrected chi connectivity index (χ1v) is 23.3. The molecule has 0 aromatic carbocycles. The van der Waals surface area contributed by atoms with E-state index in [0.717, 1.165) is 102 Å². The minimum Gasteiger partial charge on any atom is -0.518 e. The zero-order valence-electron chi connectivity index (χ0n) is 38.1. The van der Waals surface area contributed by atoms with Gasteiger partial charge in [-0.1, -0.05) is 135 Å². The second kappa shape index (κ2) is 43.4. The molecule has 0 bridgehead atoms. The standard InChI is InChI=1S/C47H92N5O3.2Rf/c1-6-9-12-15-18-21-22-25-28-31-42-52(4,5)44-45(53)43-51(40-33-38-50-47(55)35-30-27-24-20-17-14-11-8-3)41-39-48-36-32-37-49-46(54)34-29-26-23-19-16-13-10-7-2;;/h2-3,7-8,45,48,53H,6,9-44H2,1,4-5H3,(H,49,54)(H,50,55);;/q-1;;. The van der Waals surface area contributed by atoms with Crippen molar-refractivity contribution < 1.29 is 19.2 Å². The van der Waals surface area contributed by atoms with Crippen molar-refractivity contribution in [3.8, 4) is 0 Å². The van der Waals surface area contributed by atoms with Gasteiger partial charge in [-0.3, -0.25) is 26.6 Å². The first-order valence-electron chi connectivity index (χ1n) is 23.3. The van der Waals surface area contributed by atoms with Crippen LogP contribution in [-0.4, -0.2) is 105 Å². The van der Waals surface area contributed by atoms with Gasteiger partial charge in [-0.15, -0.1) is 0 Å². The Morgan fingerprint density at radius 3 is 1.51 bits per heavy atom. The summed E-state index contributed by atoms with van der Waals surface area (Å²) in [6, 6.07) is 0. The van der Waals surface area contributed by atoms with Crippen molar-refractivity contribution in [1.82, 2.24) is 20.9 Å². The largest absolute Gasteiger partial charge is 0.518 e. The van der Waals surface area contributed by atoms with E-state index in [1.165, 1.54) is 109 Å². The van der Waals surface area contributed by atoms with Crippen LogP contribution >= 0.6 is 0 Å². The Morgan fingerprint density at radius 2 is 1.02 bits per heavy atom. The maximum absolute atomic E-state index is 12.4. The topological polar surface area (TPSA) is 93.7 Å². The third-order valence-electron chi connectivity index (χ3n) is 10.8. The van der Waals surface area contributed by atoms with E-state index in [4.69, 9.17) is 13.2 Å². The van der Waals surface area contributed by atoms with Crippen LogP contribution in [0.4, 0.5) is 0 Å². The summed E-state index contributed by atoms with van der Waals surface area (Å²) in [7, 11) is 4.51. The number of nitrogens with one attached hydrogen (secondary N) is 3. The molecule has 0 spiro atoms. The molecule has 4 N–H and O–H groups in total. The van der Waals surface area contributed by atoms with Crippen LogP contribution in [-0.2, 0) is 9.59 Å². The Labute approximate surface area is 342 Å². The van der Waals surface area contributed by atoms with Crippen LogP contribution in [0.25, 0.3) is 0 Å². The Kier molecular flexibility index (Phi) is 43.8. The maximum atomic E-state index is 12.4. The number of rotatable bonds is 44. The van der Waals surface area contributed by atoms with Gasteiger partial charge in [-0.05, 0) is 51.6 Å². The van der Waals surface area contributed by atoms with E-state index < -0.39 is 6.10 Å². The first-order chi connectivity index (χ1) is 26.7. The third kappa shape index (κ3) is 43.2. The van der Waals surface area contributed by atoms with Crippen molar-refractivity contribution >= 4 is 11.8 Å². The van der Waals surface area contributed by atoms with Crippen molar-refractivity contribution in [3.05, 3.63) is 25.3 Å². The van der Waals surface area contributed by atoms with Gasteiger partial charge in [0.25, 0.3) is 0 Å². The second-order valence-corrected chi connectivity index (χ2v) is 16.9. The summed E-state index contributed by atoms with van der Waals surface area (Å²) in [5.74, 6) is 0.310. The average Bonchev–Trinajstić information content (AvgIpc) is 3.15. The Balaban J connectivity index is -0.0000146. The van der Waals surface area contributed by atoms with Gasteiger partial charge in [0.15, 0.2) is 0 Å². The molecule has 0 aliphatic heterocycles. The summed E-state index contributed by atoms with van der Waals surface area (Å²) in [6.45, 7) is 20.4. The number of likely N-dealkylation sites (N-methyl/N-ethyl adjacent to an activating group) is 1. The number of quaternary nitrogens is 1. The van der Waals surface area contributed by atoms with E-state index in [2.05, 4.69) is 41.9 Å². The number of amides is 2. The average molecular weight is 1310 g/mol. The molecule has 0 rings (SSSR count). The van der Waals surface area contributed by atoms with Gasteiger partial charge in [-0.2, -0.15) is 0 Å². The summed E-state index contributed by atoms with van der Waals surface area (Å²) in [6.07, 6.45) is 35.2. The molecule has 0 radical (unpaired) electrons. The van der Waals surface area contributed by atoms with Crippen molar-refractivity contribution in [2.24, 2.45) is 0 Å². The summed E-state index contributed by atoms with van der Waals surface area (Å²) in [4.78, 5) is 27.0. The van der Waals surface area contributed by atoms with Gasteiger partial charge in [0.1, 0.15) is 12.6 Å². The molecular formula is C47H92N5O3Rf2-. The molecule has 0 aromatic heterocycles. The summed E-state index contributed by atoms with van der Waals surface area (Å²) >= 11 is 0. The smallest absolute Gasteiger partial charge is 0.219 e. The van der Waals surface area contributed by atoms with Crippen molar-refractivity contribution in [2.45, 2.75) is 193 Å². The fourth-order valence-electron chi connectivity index (χ4n) is 7.36. The van der Waals surface area contributed by atoms with E-state index in [-0.39, 0.29) is 11.8 Å². The molecule has 57 heavy (non-hydrogen) atoms. The first kappa shape index (κ1) is 57.6. The SMILES string of the molecule is [CH-]=CCCCCCCCCC(=O)NCCCNCCN(CCCNC(=O)CCCCCCCCC=[CH-])CC(O)C[N+](C)(C)CCCCCCCCCCCC.[Rf].[Rf]. The number of aliphatic hydroxyl groups is 1. The molecule has 0 aliphatic rings. The normalized spacial score (nSPS) is 11.8. The molecule has 1 atom stereocenters. The fourth-order valence-corrected chi connectivity index (χ4v) is 7.36. The number of hydrogen-bond donors (Lipinski definition) is 4. The van der Waals surface area contributed by atoms with E-state index >= 15 is 0 Å². The van der Waals surface area contributed by atoms with Gasteiger partial charge in [0, 0.05) is 45.6 Å². The van der Waals surface area contributed by atoms with Crippen molar-refractivity contribution in [1.29, 1.82) is 0 Å². The molecule has 0 saturated carbocycles. The fraction of sp³-hybridized carbons (Fsp3) is 0.872. The number of carbonyl (C=O) groups is 2. The van der Waals surface area contributed by atoms with Crippen LogP contribution in [0.5, 0.6) is 0 Å². The van der Waals surface area contributed by atoms with Crippen LogP contribution in [0, 0.1) is 13.2 Å². The van der Waals surface area contributed by atoms with Crippen LogP contribution < -0.4 is 16.0 Å². The number of carbonyl (C=O) groups excluding carboxylic acids is 2. The van der Waals surface area contributed by atoms with E-state index in [1.54, 1.807) is 12.2 Å². The molecule has 10 heteroatoms. The quantitative estimate of drug-likeness (QED) is 0.0278. The Bertz CT molecular complexity index is 895. The molecule has 0 aliphatic carbocycles. The van der Waals surface area contributed by atoms with Crippen LogP contribution in [0.1, 0.15) is 187 Å². The van der Waals surface area contributed by atoms with Gasteiger partial charge in [-0.25, -0.2) is 0 Å². The molecule has 0 aromatic rings. The predicted molar refractivity (Wildman–Crippen MR) is 236 cm³/mol. The third-order valence-corrected chi connectivity index (χ3v) is 10.8. The summed E-state index contributed by atoms with van der Waals surface area (Å²) in [5.41, 5.74) is 0. The Morgan fingerprint density at radius 1 is 0.579 bits per heavy atom. The van der Waals surface area contributed by atoms with Gasteiger partial charge >= 0.3 is 0 Å².